The van der Waals surface area contributed by atoms with E-state index in [1.807, 2.05) is 0 Å². The lowest BCUT2D eigenvalue weighted by molar-refractivity contribution is -0.150. The average molecular weight is 405 g/mol. The number of nitrogens with one attached hydrogen (secondary N) is 1. The Kier molecular flexibility index (Phi) is 5.70. The molecule has 2 aromatic carbocycles. The standard InChI is InChI=1S/C19H14ClFN2O5/c20-14-8-12(21)5-6-15(14)22-16(24)10-28-18(26)9-23-17(25)7-11-3-1-2-4-13(11)19(23)27/h1-6,8H,7,9-10H2,(H,22,24). The number of carbonyl (C=O) groups is 4. The van der Waals surface area contributed by atoms with Crippen molar-refractivity contribution < 1.29 is 28.3 Å². The monoisotopic (exact) mass is 404 g/mol. The molecule has 0 atom stereocenters. The molecular formula is C19H14ClFN2O5. The summed E-state index contributed by atoms with van der Waals surface area (Å²) >= 11 is 5.79. The Bertz CT molecular complexity index is 979. The number of ether oxygens (including phenoxy) is 1. The van der Waals surface area contributed by atoms with Gasteiger partial charge in [0.15, 0.2) is 6.61 Å². The van der Waals surface area contributed by atoms with Crippen LogP contribution in [0.15, 0.2) is 42.5 Å². The fourth-order valence-corrected chi connectivity index (χ4v) is 2.87. The minimum Gasteiger partial charge on any atom is -0.454 e. The van der Waals surface area contributed by atoms with E-state index in [0.717, 1.165) is 17.0 Å². The number of imide groups is 1. The molecule has 1 aliphatic rings. The van der Waals surface area contributed by atoms with Crippen molar-refractivity contribution in [2.45, 2.75) is 6.42 Å². The van der Waals surface area contributed by atoms with Crippen LogP contribution in [-0.2, 0) is 25.5 Å². The summed E-state index contributed by atoms with van der Waals surface area (Å²) in [5, 5.41) is 2.35. The predicted molar refractivity (Wildman–Crippen MR) is 97.2 cm³/mol. The van der Waals surface area contributed by atoms with Gasteiger partial charge >= 0.3 is 5.97 Å². The number of hydrogen-bond donors (Lipinski definition) is 1. The van der Waals surface area contributed by atoms with Gasteiger partial charge in [0.25, 0.3) is 11.8 Å². The van der Waals surface area contributed by atoms with Crippen LogP contribution < -0.4 is 5.32 Å². The zero-order chi connectivity index (χ0) is 20.3. The number of rotatable bonds is 5. The Morgan fingerprint density at radius 3 is 2.68 bits per heavy atom. The third-order valence-corrected chi connectivity index (χ3v) is 4.31. The van der Waals surface area contributed by atoms with Gasteiger partial charge < -0.3 is 10.1 Å². The second-order valence-corrected chi connectivity index (χ2v) is 6.36. The van der Waals surface area contributed by atoms with Crippen LogP contribution in [-0.4, -0.2) is 41.7 Å². The quantitative estimate of drug-likeness (QED) is 0.609. The highest BCUT2D eigenvalue weighted by Gasteiger charge is 2.32. The lowest BCUT2D eigenvalue weighted by atomic mass is 9.98. The predicted octanol–water partition coefficient (Wildman–Crippen LogP) is 2.19. The van der Waals surface area contributed by atoms with Crippen LogP contribution in [0.25, 0.3) is 0 Å². The summed E-state index contributed by atoms with van der Waals surface area (Å²) < 4.78 is 17.8. The molecule has 7 nitrogen and oxygen atoms in total. The Morgan fingerprint density at radius 2 is 1.93 bits per heavy atom. The molecule has 144 valence electrons. The lowest BCUT2D eigenvalue weighted by Crippen LogP contribution is -2.45. The van der Waals surface area contributed by atoms with Crippen molar-refractivity contribution in [1.82, 2.24) is 4.90 Å². The second kappa shape index (κ2) is 8.18. The molecular weight excluding hydrogens is 391 g/mol. The van der Waals surface area contributed by atoms with Gasteiger partial charge in [-0.25, -0.2) is 4.39 Å². The zero-order valence-corrected chi connectivity index (χ0v) is 15.2. The van der Waals surface area contributed by atoms with Crippen molar-refractivity contribution in [3.63, 3.8) is 0 Å². The molecule has 3 amide bonds. The summed E-state index contributed by atoms with van der Waals surface area (Å²) in [5.74, 6) is -3.30. The molecule has 9 heteroatoms. The minimum atomic E-state index is -0.915. The first-order valence-electron chi connectivity index (χ1n) is 8.18. The molecule has 0 saturated heterocycles. The highest BCUT2D eigenvalue weighted by atomic mass is 35.5. The van der Waals surface area contributed by atoms with Crippen molar-refractivity contribution in [1.29, 1.82) is 0 Å². The van der Waals surface area contributed by atoms with Crippen LogP contribution in [0.4, 0.5) is 10.1 Å². The summed E-state index contributed by atoms with van der Waals surface area (Å²) in [7, 11) is 0. The van der Waals surface area contributed by atoms with Gasteiger partial charge in [-0.05, 0) is 29.8 Å². The van der Waals surface area contributed by atoms with Crippen molar-refractivity contribution in [3.8, 4) is 0 Å². The lowest BCUT2D eigenvalue weighted by Gasteiger charge is -2.25. The van der Waals surface area contributed by atoms with Crippen LogP contribution in [0.5, 0.6) is 0 Å². The summed E-state index contributed by atoms with van der Waals surface area (Å²) in [6, 6.07) is 10.0. The molecule has 0 fully saturated rings. The largest absolute Gasteiger partial charge is 0.454 e. The summed E-state index contributed by atoms with van der Waals surface area (Å²) in [6.07, 6.45) is -0.00124. The van der Waals surface area contributed by atoms with Gasteiger partial charge in [0, 0.05) is 5.56 Å². The van der Waals surface area contributed by atoms with Gasteiger partial charge in [0.1, 0.15) is 12.4 Å². The Balaban J connectivity index is 1.55. The molecule has 1 aliphatic heterocycles. The molecule has 0 aliphatic carbocycles. The molecule has 1 N–H and O–H groups in total. The van der Waals surface area contributed by atoms with E-state index in [-0.39, 0.29) is 17.1 Å². The third-order valence-electron chi connectivity index (χ3n) is 3.99. The van der Waals surface area contributed by atoms with Gasteiger partial charge in [-0.15, -0.1) is 0 Å². The van der Waals surface area contributed by atoms with E-state index in [2.05, 4.69) is 5.32 Å². The molecule has 0 bridgehead atoms. The number of fused-ring (bicyclic) bond motifs is 1. The summed E-state index contributed by atoms with van der Waals surface area (Å²) in [5.41, 5.74) is 1.10. The maximum atomic E-state index is 13.0. The van der Waals surface area contributed by atoms with E-state index in [0.29, 0.717) is 11.1 Å². The number of anilines is 1. The average Bonchev–Trinajstić information content (AvgIpc) is 2.66. The molecule has 28 heavy (non-hydrogen) atoms. The Morgan fingerprint density at radius 1 is 1.18 bits per heavy atom. The first-order valence-corrected chi connectivity index (χ1v) is 8.56. The third kappa shape index (κ3) is 4.34. The molecule has 0 radical (unpaired) electrons. The fraction of sp³-hybridized carbons (Fsp3) is 0.158. The molecule has 0 saturated carbocycles. The smallest absolute Gasteiger partial charge is 0.326 e. The van der Waals surface area contributed by atoms with E-state index in [4.69, 9.17) is 16.3 Å². The molecule has 0 spiro atoms. The van der Waals surface area contributed by atoms with E-state index in [9.17, 15) is 23.6 Å². The maximum absolute atomic E-state index is 13.0. The first kappa shape index (κ1) is 19.5. The molecule has 0 aromatic heterocycles. The number of esters is 1. The summed E-state index contributed by atoms with van der Waals surface area (Å²) in [4.78, 5) is 49.1. The maximum Gasteiger partial charge on any atom is 0.326 e. The molecule has 2 aromatic rings. The van der Waals surface area contributed by atoms with Crippen LogP contribution in [0.1, 0.15) is 15.9 Å². The van der Waals surface area contributed by atoms with Gasteiger partial charge in [-0.1, -0.05) is 29.8 Å². The zero-order valence-electron chi connectivity index (χ0n) is 14.4. The van der Waals surface area contributed by atoms with E-state index in [1.54, 1.807) is 24.3 Å². The van der Waals surface area contributed by atoms with Gasteiger partial charge in [-0.2, -0.15) is 0 Å². The van der Waals surface area contributed by atoms with Gasteiger partial charge in [0.05, 0.1) is 17.1 Å². The van der Waals surface area contributed by atoms with Crippen LogP contribution in [0.2, 0.25) is 5.02 Å². The Labute approximate surface area is 164 Å². The molecule has 1 heterocycles. The number of amides is 3. The van der Waals surface area contributed by atoms with Crippen LogP contribution in [0.3, 0.4) is 0 Å². The molecule has 3 rings (SSSR count). The van der Waals surface area contributed by atoms with Crippen molar-refractivity contribution >= 4 is 41.0 Å². The Hall–Kier alpha value is -3.26. The topological polar surface area (TPSA) is 92.8 Å². The number of nitrogens with zero attached hydrogens (tertiary/aromatic N) is 1. The number of halogens is 2. The second-order valence-electron chi connectivity index (χ2n) is 5.95. The fourth-order valence-electron chi connectivity index (χ4n) is 2.66. The number of carbonyl (C=O) groups excluding carboxylic acids is 4. The highest BCUT2D eigenvalue weighted by Crippen LogP contribution is 2.22. The van der Waals surface area contributed by atoms with Gasteiger partial charge in [-0.3, -0.25) is 24.1 Å². The summed E-state index contributed by atoms with van der Waals surface area (Å²) in [6.45, 7) is -1.25. The van der Waals surface area contributed by atoms with E-state index in [1.165, 1.54) is 6.07 Å². The number of hydrogen-bond acceptors (Lipinski definition) is 5. The molecule has 0 unspecified atom stereocenters. The number of benzene rings is 2. The first-order chi connectivity index (χ1) is 13.3. The SMILES string of the molecule is O=C(COC(=O)CN1C(=O)Cc2ccccc2C1=O)Nc1ccc(F)cc1Cl. The van der Waals surface area contributed by atoms with E-state index < -0.39 is 42.7 Å². The minimum absolute atomic E-state index is 0.00124. The highest BCUT2D eigenvalue weighted by molar-refractivity contribution is 6.33. The van der Waals surface area contributed by atoms with Crippen molar-refractivity contribution in [2.24, 2.45) is 0 Å². The van der Waals surface area contributed by atoms with Gasteiger partial charge in [0.2, 0.25) is 5.91 Å². The van der Waals surface area contributed by atoms with Crippen molar-refractivity contribution in [3.05, 3.63) is 64.4 Å². The van der Waals surface area contributed by atoms with Crippen LogP contribution in [0, 0.1) is 5.82 Å². The van der Waals surface area contributed by atoms with Crippen molar-refractivity contribution in [2.75, 3.05) is 18.5 Å². The van der Waals surface area contributed by atoms with E-state index >= 15 is 0 Å². The van der Waals surface area contributed by atoms with Crippen LogP contribution >= 0.6 is 11.6 Å². The normalized spacial score (nSPS) is 13.1.